The summed E-state index contributed by atoms with van der Waals surface area (Å²) in [5.74, 6) is -3.76. The molecule has 0 bridgehead atoms. The number of methoxy groups -OCH3 is 1. The summed E-state index contributed by atoms with van der Waals surface area (Å²) in [5, 5.41) is 16.9. The largest absolute Gasteiger partial charge is 0.508 e. The molecular weight excluding hydrogens is 724 g/mol. The fourth-order valence-electron chi connectivity index (χ4n) is 9.72. The first kappa shape index (κ1) is 34.5. The molecule has 3 fully saturated rings. The Bertz CT molecular complexity index is 2470. The number of thiophene rings is 1. The Morgan fingerprint density at radius 2 is 1.76 bits per heavy atom. The maximum Gasteiger partial charge on any atom is 0.242 e. The lowest BCUT2D eigenvalue weighted by Crippen LogP contribution is -2.49. The number of phenols is 1. The lowest BCUT2D eigenvalue weighted by atomic mass is 9.51. The number of amides is 4. The third kappa shape index (κ3) is 4.87. The van der Waals surface area contributed by atoms with E-state index < -0.39 is 35.0 Å². The number of anilines is 1. The number of carbonyl (C=O) groups is 4. The summed E-state index contributed by atoms with van der Waals surface area (Å²) >= 11 is 7.89. The van der Waals surface area contributed by atoms with Crippen molar-refractivity contribution in [1.29, 1.82) is 0 Å². The van der Waals surface area contributed by atoms with Gasteiger partial charge in [-0.25, -0.2) is 4.90 Å². The molecule has 4 amide bonds. The Kier molecular flexibility index (Phi) is 7.92. The van der Waals surface area contributed by atoms with Gasteiger partial charge in [-0.3, -0.25) is 28.8 Å². The number of likely N-dealkylation sites (tertiary alicyclic amines) is 1. The van der Waals surface area contributed by atoms with Crippen LogP contribution in [0.5, 0.6) is 11.5 Å². The van der Waals surface area contributed by atoms with Gasteiger partial charge in [0.15, 0.2) is 0 Å². The second kappa shape index (κ2) is 12.4. The number of benzene rings is 3. The first-order chi connectivity index (χ1) is 25.9. The monoisotopic (exact) mass is 760 g/mol. The van der Waals surface area contributed by atoms with Gasteiger partial charge in [-0.2, -0.15) is 5.10 Å². The van der Waals surface area contributed by atoms with E-state index in [9.17, 15) is 19.5 Å². The highest BCUT2D eigenvalue weighted by Crippen LogP contribution is 2.64. The lowest BCUT2D eigenvalue weighted by molar-refractivity contribution is -0.141. The molecule has 0 radical (unpaired) electrons. The number of hydrogen-bond donors (Lipinski definition) is 1. The minimum atomic E-state index is -1.29. The molecule has 1 saturated carbocycles. The zero-order chi connectivity index (χ0) is 37.8. The van der Waals surface area contributed by atoms with Crippen LogP contribution < -0.4 is 9.64 Å². The molecule has 2 aliphatic carbocycles. The van der Waals surface area contributed by atoms with E-state index in [-0.39, 0.29) is 42.3 Å². The molecule has 6 unspecified atom stereocenters. The summed E-state index contributed by atoms with van der Waals surface area (Å²) < 4.78 is 8.42. The number of aryl methyl sites for hydroxylation is 2. The number of carbonyl (C=O) groups excluding carboxylic acids is 4. The van der Waals surface area contributed by atoms with Gasteiger partial charge in [-0.15, -0.1) is 11.3 Å². The van der Waals surface area contributed by atoms with Crippen molar-refractivity contribution in [1.82, 2.24) is 14.7 Å². The number of aromatic hydroxyl groups is 1. The number of hydrogen-bond acceptors (Lipinski definition) is 8. The molecule has 0 spiro atoms. The Morgan fingerprint density at radius 1 is 0.981 bits per heavy atom. The molecule has 54 heavy (non-hydrogen) atoms. The molecule has 274 valence electrons. The molecule has 3 aromatic carbocycles. The fourth-order valence-corrected chi connectivity index (χ4v) is 11.0. The van der Waals surface area contributed by atoms with Crippen molar-refractivity contribution < 1.29 is 29.0 Å². The average Bonchev–Trinajstić information content (AvgIpc) is 3.83. The van der Waals surface area contributed by atoms with Crippen LogP contribution in [0, 0.1) is 36.0 Å². The van der Waals surface area contributed by atoms with Crippen LogP contribution >= 0.6 is 22.9 Å². The van der Waals surface area contributed by atoms with Gasteiger partial charge in [-0.05, 0) is 73.4 Å². The quantitative estimate of drug-likeness (QED) is 0.141. The summed E-state index contributed by atoms with van der Waals surface area (Å²) in [6.45, 7) is 4.01. The van der Waals surface area contributed by atoms with E-state index >= 15 is 4.79 Å². The molecule has 1 N–H and O–H groups in total. The predicted octanol–water partition coefficient (Wildman–Crippen LogP) is 7.41. The number of imide groups is 2. The Balaban J connectivity index is 1.15. The highest BCUT2D eigenvalue weighted by atomic mass is 35.5. The van der Waals surface area contributed by atoms with Gasteiger partial charge in [0, 0.05) is 40.4 Å². The van der Waals surface area contributed by atoms with E-state index in [1.165, 1.54) is 23.0 Å². The van der Waals surface area contributed by atoms with Crippen LogP contribution in [-0.4, -0.2) is 50.5 Å². The zero-order valence-corrected chi connectivity index (χ0v) is 31.6. The van der Waals surface area contributed by atoms with Crippen molar-refractivity contribution in [2.45, 2.75) is 39.2 Å². The van der Waals surface area contributed by atoms with Gasteiger partial charge in [0.05, 0.1) is 41.7 Å². The van der Waals surface area contributed by atoms with Crippen LogP contribution in [0.1, 0.15) is 42.4 Å². The van der Waals surface area contributed by atoms with E-state index in [1.807, 2.05) is 68.5 Å². The normalized spacial score (nSPS) is 26.3. The van der Waals surface area contributed by atoms with Gasteiger partial charge in [0.2, 0.25) is 23.6 Å². The van der Waals surface area contributed by atoms with E-state index in [0.717, 1.165) is 31.7 Å². The third-order valence-electron chi connectivity index (χ3n) is 12.3. The lowest BCUT2D eigenvalue weighted by Gasteiger charge is -2.49. The van der Waals surface area contributed by atoms with Crippen molar-refractivity contribution in [2.24, 2.45) is 36.1 Å². The average molecular weight is 761 g/mol. The number of rotatable bonds is 6. The smallest absolute Gasteiger partial charge is 0.242 e. The maximum absolute atomic E-state index is 15.1. The molecule has 2 aromatic heterocycles. The molecule has 2 aliphatic heterocycles. The molecule has 6 atom stereocenters. The molecule has 10 nitrogen and oxygen atoms in total. The summed E-state index contributed by atoms with van der Waals surface area (Å²) in [6.07, 6.45) is 2.57. The number of allylic oxidation sites excluding steroid dienone is 2. The Morgan fingerprint density at radius 3 is 2.52 bits per heavy atom. The number of fused-ring (bicyclic) bond motifs is 5. The molecule has 4 aliphatic rings. The summed E-state index contributed by atoms with van der Waals surface area (Å²) in [4.78, 5) is 61.8. The summed E-state index contributed by atoms with van der Waals surface area (Å²) in [7, 11) is 3.22. The minimum absolute atomic E-state index is 0.00728. The van der Waals surface area contributed by atoms with Crippen LogP contribution in [0.4, 0.5) is 5.82 Å². The number of halogens is 1. The Hall–Kier alpha value is -5.26. The van der Waals surface area contributed by atoms with Crippen LogP contribution in [0.2, 0.25) is 5.02 Å². The molecule has 4 heterocycles. The maximum atomic E-state index is 15.1. The van der Waals surface area contributed by atoms with Crippen LogP contribution in [0.25, 0.3) is 20.7 Å². The van der Waals surface area contributed by atoms with Crippen LogP contribution in [0.15, 0.2) is 84.4 Å². The standard InChI is InChI=1S/C42H37ClN4O6S/c1-21-28-16-23(43)10-15-33(28)54-37(21)31-19-34(45(3)44-31)47-39(50)30-18-29-25(36(42(30,2)41(47)52)26-12-11-24(48)17-32(26)53-4)13-14-27-35(29)40(51)46(38(27)49)20-22-8-6-5-7-9-22/h5-13,15-17,19,27,29-30,35-36,48H,14,18,20H2,1-4H3. The number of aromatic nitrogens is 2. The van der Waals surface area contributed by atoms with Crippen molar-refractivity contribution in [3.05, 3.63) is 106 Å². The van der Waals surface area contributed by atoms with E-state index in [0.29, 0.717) is 34.3 Å². The zero-order valence-electron chi connectivity index (χ0n) is 30.1. The fraction of sp³-hybridized carbons (Fsp3) is 0.310. The highest BCUT2D eigenvalue weighted by molar-refractivity contribution is 7.22. The van der Waals surface area contributed by atoms with Crippen molar-refractivity contribution >= 4 is 62.5 Å². The first-order valence-corrected chi connectivity index (χ1v) is 19.2. The number of nitrogens with zero attached hydrogens (tertiary/aromatic N) is 4. The molecule has 12 heteroatoms. The second-order valence-electron chi connectivity index (χ2n) is 15.0. The SMILES string of the molecule is COc1cc(O)ccc1C1C2=CCC3C(=O)N(Cc4ccccc4)C(=O)C3C2CC2C(=O)N(c3cc(-c4sc5ccc(Cl)cc5c4C)nn3C)C(=O)C21C. The van der Waals surface area contributed by atoms with E-state index in [4.69, 9.17) is 21.4 Å². The Labute approximate surface area is 320 Å². The van der Waals surface area contributed by atoms with Crippen LogP contribution in [0.3, 0.4) is 0 Å². The summed E-state index contributed by atoms with van der Waals surface area (Å²) in [6, 6.07) is 21.8. The summed E-state index contributed by atoms with van der Waals surface area (Å²) in [5.41, 5.74) is 2.67. The van der Waals surface area contributed by atoms with Crippen molar-refractivity contribution in [3.8, 4) is 22.1 Å². The molecular formula is C42H37ClN4O6S. The molecule has 9 rings (SSSR count). The van der Waals surface area contributed by atoms with Gasteiger partial charge < -0.3 is 9.84 Å². The molecule has 2 saturated heterocycles. The molecule has 5 aromatic rings. The topological polar surface area (TPSA) is 122 Å². The second-order valence-corrected chi connectivity index (χ2v) is 16.5. The van der Waals surface area contributed by atoms with Gasteiger partial charge in [0.25, 0.3) is 0 Å². The van der Waals surface area contributed by atoms with Crippen molar-refractivity contribution in [3.63, 3.8) is 0 Å². The third-order valence-corrected chi connectivity index (χ3v) is 13.8. The van der Waals surface area contributed by atoms with Gasteiger partial charge in [-0.1, -0.05) is 59.6 Å². The van der Waals surface area contributed by atoms with E-state index in [2.05, 4.69) is 0 Å². The van der Waals surface area contributed by atoms with Gasteiger partial charge in [0.1, 0.15) is 23.0 Å². The number of ether oxygens (including phenoxy) is 1. The van der Waals surface area contributed by atoms with Gasteiger partial charge >= 0.3 is 0 Å². The predicted molar refractivity (Wildman–Crippen MR) is 205 cm³/mol. The first-order valence-electron chi connectivity index (χ1n) is 18.0. The number of phenolic OH excluding ortho intramolecular Hbond substituents is 1. The van der Waals surface area contributed by atoms with E-state index in [1.54, 1.807) is 41.3 Å². The highest BCUT2D eigenvalue weighted by Gasteiger charge is 2.68. The van der Waals surface area contributed by atoms with Crippen LogP contribution in [-0.2, 0) is 32.8 Å². The minimum Gasteiger partial charge on any atom is -0.508 e. The van der Waals surface area contributed by atoms with Crippen molar-refractivity contribution in [2.75, 3.05) is 12.0 Å².